The van der Waals surface area contributed by atoms with Crippen molar-refractivity contribution in [1.29, 1.82) is 0 Å². The lowest BCUT2D eigenvalue weighted by Crippen LogP contribution is -2.18. The predicted molar refractivity (Wildman–Crippen MR) is 42.4 cm³/mol. The van der Waals surface area contributed by atoms with Crippen LogP contribution in [-0.2, 0) is 9.53 Å². The molecule has 0 aliphatic rings. The van der Waals surface area contributed by atoms with E-state index < -0.39 is 18.2 Å². The van der Waals surface area contributed by atoms with Crippen molar-refractivity contribution in [1.82, 2.24) is 0 Å². The van der Waals surface area contributed by atoms with Gasteiger partial charge < -0.3 is 9.84 Å². The van der Waals surface area contributed by atoms with Crippen molar-refractivity contribution in [2.24, 2.45) is 4.99 Å². The average molecular weight is 173 g/mol. The average Bonchev–Trinajstić information content (AvgIpc) is 2.02. The van der Waals surface area contributed by atoms with Crippen LogP contribution in [0.1, 0.15) is 19.8 Å². The number of ether oxygens (including phenoxy) is 1. The zero-order chi connectivity index (χ0) is 9.56. The van der Waals surface area contributed by atoms with Crippen LogP contribution in [0.4, 0.5) is 4.79 Å². The van der Waals surface area contributed by atoms with E-state index in [1.54, 1.807) is 6.92 Å². The van der Waals surface area contributed by atoms with Crippen molar-refractivity contribution in [3.63, 3.8) is 0 Å². The van der Waals surface area contributed by atoms with Gasteiger partial charge in [0.05, 0.1) is 6.42 Å². The van der Waals surface area contributed by atoms with Gasteiger partial charge in [0, 0.05) is 0 Å². The van der Waals surface area contributed by atoms with Crippen molar-refractivity contribution in [3.05, 3.63) is 0 Å². The van der Waals surface area contributed by atoms with Gasteiger partial charge in [-0.05, 0) is 13.1 Å². The summed E-state index contributed by atoms with van der Waals surface area (Å²) in [5, 5.41) is 8.36. The summed E-state index contributed by atoms with van der Waals surface area (Å²) in [5.74, 6) is -1.00. The van der Waals surface area contributed by atoms with E-state index in [9.17, 15) is 9.59 Å². The normalized spacial score (nSPS) is 11.8. The van der Waals surface area contributed by atoms with E-state index in [1.807, 2.05) is 0 Å². The Kier molecular flexibility index (Phi) is 4.67. The van der Waals surface area contributed by atoms with Crippen LogP contribution in [-0.4, -0.2) is 30.0 Å². The number of hydrogen-bond acceptors (Lipinski definition) is 3. The van der Waals surface area contributed by atoms with Crippen molar-refractivity contribution in [2.75, 3.05) is 0 Å². The summed E-state index contributed by atoms with van der Waals surface area (Å²) in [6.45, 7) is 4.68. The summed E-state index contributed by atoms with van der Waals surface area (Å²) in [4.78, 5) is 23.7. The third kappa shape index (κ3) is 4.43. The molecule has 1 amide bonds. The van der Waals surface area contributed by atoms with Crippen LogP contribution in [0.15, 0.2) is 4.99 Å². The number of carboxylic acid groups (broad SMARTS) is 1. The number of amides is 1. The first-order chi connectivity index (χ1) is 5.60. The molecule has 0 heterocycles. The summed E-state index contributed by atoms with van der Waals surface area (Å²) >= 11 is 0. The molecule has 0 aromatic carbocycles. The minimum absolute atomic E-state index is 0.197. The van der Waals surface area contributed by atoms with Crippen molar-refractivity contribution >= 4 is 18.8 Å². The first-order valence-electron chi connectivity index (χ1n) is 3.49. The lowest BCUT2D eigenvalue weighted by atomic mass is 10.2. The standard InChI is InChI=1S/C7H11NO4/c1-3-5(4-6(9)10)12-7(11)8-2/h5H,2-4H2,1H3,(H,9,10). The maximum absolute atomic E-state index is 10.5. The first kappa shape index (κ1) is 10.6. The first-order valence-corrected chi connectivity index (χ1v) is 3.49. The number of carbonyl (C=O) groups is 2. The third-order valence-corrected chi connectivity index (χ3v) is 1.25. The number of hydrogen-bond donors (Lipinski definition) is 1. The van der Waals surface area contributed by atoms with E-state index in [0.29, 0.717) is 6.42 Å². The molecular weight excluding hydrogens is 162 g/mol. The van der Waals surface area contributed by atoms with Gasteiger partial charge in [0.2, 0.25) is 0 Å². The molecular formula is C7H11NO4. The van der Waals surface area contributed by atoms with Crippen molar-refractivity contribution in [2.45, 2.75) is 25.9 Å². The second kappa shape index (κ2) is 5.29. The molecule has 0 bridgehead atoms. The zero-order valence-corrected chi connectivity index (χ0v) is 6.82. The van der Waals surface area contributed by atoms with Crippen molar-refractivity contribution in [3.8, 4) is 0 Å². The van der Waals surface area contributed by atoms with Crippen LogP contribution in [0.25, 0.3) is 0 Å². The molecule has 0 aliphatic heterocycles. The molecule has 0 spiro atoms. The van der Waals surface area contributed by atoms with Crippen molar-refractivity contribution < 1.29 is 19.4 Å². The van der Waals surface area contributed by atoms with Crippen LogP contribution < -0.4 is 0 Å². The highest BCUT2D eigenvalue weighted by Crippen LogP contribution is 2.04. The van der Waals surface area contributed by atoms with Gasteiger partial charge in [-0.15, -0.1) is 0 Å². The molecule has 0 saturated carbocycles. The van der Waals surface area contributed by atoms with E-state index in [4.69, 9.17) is 5.11 Å². The molecule has 0 fully saturated rings. The Bertz CT molecular complexity index is 190. The van der Waals surface area contributed by atoms with Gasteiger partial charge in [-0.2, -0.15) is 4.99 Å². The molecule has 1 atom stereocenters. The molecule has 12 heavy (non-hydrogen) atoms. The summed E-state index contributed by atoms with van der Waals surface area (Å²) in [5.41, 5.74) is 0. The SMILES string of the molecule is C=NC(=O)OC(CC)CC(=O)O. The Morgan fingerprint density at radius 1 is 1.67 bits per heavy atom. The second-order valence-corrected chi connectivity index (χ2v) is 2.17. The van der Waals surface area contributed by atoms with Gasteiger partial charge in [-0.25, -0.2) is 4.79 Å². The summed E-state index contributed by atoms with van der Waals surface area (Å²) in [6, 6.07) is 0. The quantitative estimate of drug-likeness (QED) is 0.645. The van der Waals surface area contributed by atoms with Crippen LogP contribution in [0.5, 0.6) is 0 Å². The number of rotatable bonds is 4. The maximum atomic E-state index is 10.5. The molecule has 0 aromatic heterocycles. The molecule has 0 saturated heterocycles. The highest BCUT2D eigenvalue weighted by molar-refractivity contribution is 5.74. The predicted octanol–water partition coefficient (Wildman–Crippen LogP) is 1.08. The topological polar surface area (TPSA) is 76.0 Å². The van der Waals surface area contributed by atoms with E-state index in [1.165, 1.54) is 0 Å². The molecule has 0 aromatic rings. The number of carboxylic acids is 1. The van der Waals surface area contributed by atoms with E-state index in [0.717, 1.165) is 0 Å². The third-order valence-electron chi connectivity index (χ3n) is 1.25. The number of carbonyl (C=O) groups excluding carboxylic acids is 1. The Hall–Kier alpha value is -1.39. The fourth-order valence-corrected chi connectivity index (χ4v) is 0.644. The zero-order valence-electron chi connectivity index (χ0n) is 6.82. The molecule has 1 N–H and O–H groups in total. The monoisotopic (exact) mass is 173 g/mol. The van der Waals surface area contributed by atoms with E-state index in [-0.39, 0.29) is 6.42 Å². The van der Waals surface area contributed by atoms with Gasteiger partial charge in [-0.1, -0.05) is 6.92 Å². The maximum Gasteiger partial charge on any atom is 0.433 e. The Morgan fingerprint density at radius 2 is 2.25 bits per heavy atom. The summed E-state index contributed by atoms with van der Waals surface area (Å²) in [7, 11) is 0. The fourth-order valence-electron chi connectivity index (χ4n) is 0.644. The van der Waals surface area contributed by atoms with Gasteiger partial charge in [0.25, 0.3) is 0 Å². The highest BCUT2D eigenvalue weighted by atomic mass is 16.6. The summed E-state index contributed by atoms with van der Waals surface area (Å²) in [6.07, 6.45) is -1.19. The van der Waals surface area contributed by atoms with E-state index >= 15 is 0 Å². The molecule has 5 heteroatoms. The van der Waals surface area contributed by atoms with Crippen LogP contribution >= 0.6 is 0 Å². The smallest absolute Gasteiger partial charge is 0.433 e. The number of aliphatic carboxylic acids is 1. The lowest BCUT2D eigenvalue weighted by molar-refractivity contribution is -0.139. The largest absolute Gasteiger partial charge is 0.481 e. The minimum atomic E-state index is -1.00. The Labute approximate surface area is 70.1 Å². The highest BCUT2D eigenvalue weighted by Gasteiger charge is 2.14. The second-order valence-electron chi connectivity index (χ2n) is 2.17. The molecule has 0 aliphatic carbocycles. The van der Waals surface area contributed by atoms with Gasteiger partial charge in [0.1, 0.15) is 6.10 Å². The molecule has 0 radical (unpaired) electrons. The molecule has 5 nitrogen and oxygen atoms in total. The number of aliphatic imine (C=N–C) groups is 1. The Balaban J connectivity index is 3.90. The fraction of sp³-hybridized carbons (Fsp3) is 0.571. The number of nitrogens with zero attached hydrogens (tertiary/aromatic N) is 1. The van der Waals surface area contributed by atoms with Gasteiger partial charge in [0.15, 0.2) is 0 Å². The van der Waals surface area contributed by atoms with Crippen LogP contribution in [0.3, 0.4) is 0 Å². The van der Waals surface area contributed by atoms with Gasteiger partial charge >= 0.3 is 12.1 Å². The summed E-state index contributed by atoms with van der Waals surface area (Å²) < 4.78 is 4.61. The molecule has 68 valence electrons. The van der Waals surface area contributed by atoms with Crippen LogP contribution in [0, 0.1) is 0 Å². The van der Waals surface area contributed by atoms with Crippen LogP contribution in [0.2, 0.25) is 0 Å². The van der Waals surface area contributed by atoms with E-state index in [2.05, 4.69) is 16.4 Å². The van der Waals surface area contributed by atoms with Gasteiger partial charge in [-0.3, -0.25) is 4.79 Å². The Morgan fingerprint density at radius 3 is 2.58 bits per heavy atom. The lowest BCUT2D eigenvalue weighted by Gasteiger charge is -2.10. The minimum Gasteiger partial charge on any atom is -0.481 e. The molecule has 0 rings (SSSR count). The molecule has 1 unspecified atom stereocenters.